The Hall–Kier alpha value is -0.790. The first-order valence-corrected chi connectivity index (χ1v) is 6.62. The fourth-order valence-corrected chi connectivity index (χ4v) is 1.70. The van der Waals surface area contributed by atoms with Gasteiger partial charge in [-0.3, -0.25) is 0 Å². The second kappa shape index (κ2) is 12.3. The van der Waals surface area contributed by atoms with Gasteiger partial charge < -0.3 is 9.90 Å². The van der Waals surface area contributed by atoms with Gasteiger partial charge in [0.15, 0.2) is 0 Å². The second-order valence-electron chi connectivity index (χ2n) is 4.27. The molecular formula is C14H25O2-. The van der Waals surface area contributed by atoms with Crippen molar-refractivity contribution in [1.29, 1.82) is 0 Å². The Morgan fingerprint density at radius 1 is 0.938 bits per heavy atom. The van der Waals surface area contributed by atoms with E-state index < -0.39 is 5.97 Å². The summed E-state index contributed by atoms with van der Waals surface area (Å²) in [7, 11) is 0. The van der Waals surface area contributed by atoms with E-state index in [4.69, 9.17) is 0 Å². The number of unbranched alkanes of at least 4 members (excludes halogenated alkanes) is 7. The molecule has 2 heteroatoms. The summed E-state index contributed by atoms with van der Waals surface area (Å²) >= 11 is 0. The summed E-state index contributed by atoms with van der Waals surface area (Å²) in [4.78, 5) is 10.1. The minimum atomic E-state index is -0.914. The molecule has 0 unspecified atom stereocenters. The largest absolute Gasteiger partial charge is 0.550 e. The predicted molar refractivity (Wildman–Crippen MR) is 66.0 cm³/mol. The smallest absolute Gasteiger partial charge is 0.0414 e. The first-order valence-electron chi connectivity index (χ1n) is 6.62. The lowest BCUT2D eigenvalue weighted by Crippen LogP contribution is -2.21. The van der Waals surface area contributed by atoms with Crippen molar-refractivity contribution in [3.05, 3.63) is 12.2 Å². The quantitative estimate of drug-likeness (QED) is 0.400. The molecule has 94 valence electrons. The third-order valence-corrected chi connectivity index (χ3v) is 2.65. The average molecular weight is 225 g/mol. The van der Waals surface area contributed by atoms with Gasteiger partial charge in [-0.15, -0.1) is 0 Å². The topological polar surface area (TPSA) is 40.1 Å². The van der Waals surface area contributed by atoms with Crippen LogP contribution in [0.1, 0.15) is 71.1 Å². The molecule has 0 aromatic rings. The van der Waals surface area contributed by atoms with Crippen LogP contribution in [-0.4, -0.2) is 5.97 Å². The molecule has 0 aliphatic carbocycles. The van der Waals surface area contributed by atoms with Crippen LogP contribution in [0.4, 0.5) is 0 Å². The van der Waals surface area contributed by atoms with Gasteiger partial charge in [0.05, 0.1) is 0 Å². The van der Waals surface area contributed by atoms with E-state index in [9.17, 15) is 9.90 Å². The van der Waals surface area contributed by atoms with Crippen LogP contribution in [0.3, 0.4) is 0 Å². The number of carboxylic acid groups (broad SMARTS) is 1. The van der Waals surface area contributed by atoms with Gasteiger partial charge in [-0.25, -0.2) is 0 Å². The third-order valence-electron chi connectivity index (χ3n) is 2.65. The van der Waals surface area contributed by atoms with Crippen molar-refractivity contribution in [3.63, 3.8) is 0 Å². The lowest BCUT2D eigenvalue weighted by atomic mass is 10.1. The molecule has 16 heavy (non-hydrogen) atoms. The normalized spacial score (nSPS) is 11.1. The Morgan fingerprint density at radius 2 is 1.50 bits per heavy atom. The van der Waals surface area contributed by atoms with Gasteiger partial charge in [-0.1, -0.05) is 51.2 Å². The van der Waals surface area contributed by atoms with E-state index in [1.165, 1.54) is 32.1 Å². The van der Waals surface area contributed by atoms with Crippen LogP contribution >= 0.6 is 0 Å². The lowest BCUT2D eigenvalue weighted by Gasteiger charge is -2.02. The van der Waals surface area contributed by atoms with E-state index in [0.29, 0.717) is 0 Å². The molecule has 0 saturated heterocycles. The molecule has 0 bridgehead atoms. The van der Waals surface area contributed by atoms with Crippen molar-refractivity contribution in [2.45, 2.75) is 71.1 Å². The highest BCUT2D eigenvalue weighted by molar-refractivity contribution is 5.63. The number of rotatable bonds is 11. The Labute approximate surface area is 99.7 Å². The minimum absolute atomic E-state index is 0.224. The van der Waals surface area contributed by atoms with E-state index in [1.54, 1.807) is 0 Å². The van der Waals surface area contributed by atoms with Crippen molar-refractivity contribution in [3.8, 4) is 0 Å². The molecule has 0 saturated carbocycles. The van der Waals surface area contributed by atoms with Gasteiger partial charge >= 0.3 is 0 Å². The Morgan fingerprint density at radius 3 is 2.06 bits per heavy atom. The van der Waals surface area contributed by atoms with Gasteiger partial charge in [0.25, 0.3) is 0 Å². The Balaban J connectivity index is 2.98. The van der Waals surface area contributed by atoms with E-state index in [2.05, 4.69) is 19.1 Å². The Kier molecular flexibility index (Phi) is 11.7. The van der Waals surface area contributed by atoms with Crippen LogP contribution in [0.5, 0.6) is 0 Å². The number of aliphatic carboxylic acids is 1. The van der Waals surface area contributed by atoms with Gasteiger partial charge in [0.2, 0.25) is 0 Å². The number of carbonyl (C=O) groups is 1. The number of carboxylic acids is 1. The highest BCUT2D eigenvalue weighted by Crippen LogP contribution is 2.09. The zero-order valence-electron chi connectivity index (χ0n) is 10.5. The first kappa shape index (κ1) is 15.2. The lowest BCUT2D eigenvalue weighted by molar-refractivity contribution is -0.305. The summed E-state index contributed by atoms with van der Waals surface area (Å²) in [6.45, 7) is 2.16. The summed E-state index contributed by atoms with van der Waals surface area (Å²) in [5.41, 5.74) is 0. The van der Waals surface area contributed by atoms with Crippen molar-refractivity contribution >= 4 is 5.97 Å². The van der Waals surface area contributed by atoms with Crippen LogP contribution in [0.2, 0.25) is 0 Å². The maximum absolute atomic E-state index is 10.1. The molecule has 0 aliphatic rings. The second-order valence-corrected chi connectivity index (χ2v) is 4.27. The SMILES string of the molecule is CC/C=C\CCCCCCCCCC(=O)[O-]. The minimum Gasteiger partial charge on any atom is -0.550 e. The molecule has 2 nitrogen and oxygen atoms in total. The molecule has 0 radical (unpaired) electrons. The molecule has 0 N–H and O–H groups in total. The fraction of sp³-hybridized carbons (Fsp3) is 0.786. The zero-order valence-corrected chi connectivity index (χ0v) is 10.5. The molecule has 0 amide bonds. The summed E-state index contributed by atoms with van der Waals surface area (Å²) < 4.78 is 0. The highest BCUT2D eigenvalue weighted by atomic mass is 16.4. The van der Waals surface area contributed by atoms with Gasteiger partial charge in [-0.05, 0) is 32.1 Å². The predicted octanol–water partition coefficient (Wildman–Crippen LogP) is 3.21. The number of hydrogen-bond donors (Lipinski definition) is 0. The van der Waals surface area contributed by atoms with Crippen molar-refractivity contribution in [2.24, 2.45) is 0 Å². The number of carbonyl (C=O) groups excluding carboxylic acids is 1. The van der Waals surface area contributed by atoms with Gasteiger partial charge in [0, 0.05) is 5.97 Å². The molecule has 0 heterocycles. The van der Waals surface area contributed by atoms with Crippen LogP contribution in [0.15, 0.2) is 12.2 Å². The molecule has 0 aromatic carbocycles. The standard InChI is InChI=1S/C14H26O2/c1-2-3-4-5-6-7-8-9-10-11-12-13-14(15)16/h3-4H,2,5-13H2,1H3,(H,15,16)/p-1/b4-3-. The molecular weight excluding hydrogens is 200 g/mol. The van der Waals surface area contributed by atoms with Gasteiger partial charge in [-0.2, -0.15) is 0 Å². The van der Waals surface area contributed by atoms with E-state index >= 15 is 0 Å². The number of hydrogen-bond acceptors (Lipinski definition) is 2. The molecule has 0 aromatic heterocycles. The maximum atomic E-state index is 10.1. The summed E-state index contributed by atoms with van der Waals surface area (Å²) in [6, 6.07) is 0. The maximum Gasteiger partial charge on any atom is 0.0414 e. The highest BCUT2D eigenvalue weighted by Gasteiger charge is 1.92. The van der Waals surface area contributed by atoms with Crippen LogP contribution in [-0.2, 0) is 4.79 Å². The van der Waals surface area contributed by atoms with Crippen LogP contribution in [0, 0.1) is 0 Å². The van der Waals surface area contributed by atoms with E-state index in [1.807, 2.05) is 0 Å². The summed E-state index contributed by atoms with van der Waals surface area (Å²) in [5, 5.41) is 10.1. The zero-order chi connectivity index (χ0) is 12.1. The molecule has 0 rings (SSSR count). The molecule has 0 spiro atoms. The molecule has 0 aliphatic heterocycles. The fourth-order valence-electron chi connectivity index (χ4n) is 1.70. The van der Waals surface area contributed by atoms with E-state index in [0.717, 1.165) is 25.7 Å². The van der Waals surface area contributed by atoms with Gasteiger partial charge in [0.1, 0.15) is 0 Å². The third kappa shape index (κ3) is 13.2. The van der Waals surface area contributed by atoms with Crippen molar-refractivity contribution < 1.29 is 9.90 Å². The monoisotopic (exact) mass is 225 g/mol. The first-order chi connectivity index (χ1) is 7.77. The van der Waals surface area contributed by atoms with E-state index in [-0.39, 0.29) is 6.42 Å². The summed E-state index contributed by atoms with van der Waals surface area (Å²) in [6.07, 6.45) is 15.1. The average Bonchev–Trinajstić information content (AvgIpc) is 2.25. The van der Waals surface area contributed by atoms with Crippen molar-refractivity contribution in [1.82, 2.24) is 0 Å². The molecule has 0 fully saturated rings. The molecule has 0 atom stereocenters. The summed E-state index contributed by atoms with van der Waals surface area (Å²) in [5.74, 6) is -0.914. The van der Waals surface area contributed by atoms with Crippen LogP contribution < -0.4 is 5.11 Å². The van der Waals surface area contributed by atoms with Crippen LogP contribution in [0.25, 0.3) is 0 Å². The Bertz CT molecular complexity index is 185. The van der Waals surface area contributed by atoms with Crippen molar-refractivity contribution in [2.75, 3.05) is 0 Å². The number of allylic oxidation sites excluding steroid dienone is 2.